The van der Waals surface area contributed by atoms with E-state index >= 15 is 0 Å². The van der Waals surface area contributed by atoms with E-state index in [9.17, 15) is 5.11 Å². The Labute approximate surface area is 80.0 Å². The van der Waals surface area contributed by atoms with Crippen LogP contribution in [-0.2, 0) is 0 Å². The molecule has 0 amide bonds. The molecule has 2 bridgehead atoms. The second kappa shape index (κ2) is 2.21. The van der Waals surface area contributed by atoms with Gasteiger partial charge < -0.3 is 5.11 Å². The maximum absolute atomic E-state index is 10.0. The summed E-state index contributed by atoms with van der Waals surface area (Å²) in [6.45, 7) is 6.78. The smallest absolute Gasteiger partial charge is 0.0717 e. The average Bonchev–Trinajstić information content (AvgIpc) is 2.26. The van der Waals surface area contributed by atoms with Crippen molar-refractivity contribution < 1.29 is 5.11 Å². The molecule has 0 spiro atoms. The number of thiol groups is 1. The number of aliphatic hydroxyl groups is 1. The van der Waals surface area contributed by atoms with Gasteiger partial charge in [-0.05, 0) is 29.6 Å². The Hall–Kier alpha value is 0.310. The van der Waals surface area contributed by atoms with Gasteiger partial charge in [0.25, 0.3) is 0 Å². The molecule has 0 heterocycles. The lowest BCUT2D eigenvalue weighted by Gasteiger charge is -2.36. The molecule has 12 heavy (non-hydrogen) atoms. The summed E-state index contributed by atoms with van der Waals surface area (Å²) in [5, 5.41) is 10.2. The molecule has 0 unspecified atom stereocenters. The Morgan fingerprint density at radius 1 is 1.33 bits per heavy atom. The van der Waals surface area contributed by atoms with Crippen LogP contribution in [0.5, 0.6) is 0 Å². The summed E-state index contributed by atoms with van der Waals surface area (Å²) in [6.07, 6.45) is 2.21. The third-order valence-corrected chi connectivity index (χ3v) is 5.40. The SMILES string of the molecule is CC1(C)[C@@H]2CC[C@@]1(C)[C@H](O)[C@H]2S. The van der Waals surface area contributed by atoms with Crippen molar-refractivity contribution in [1.82, 2.24) is 0 Å². The van der Waals surface area contributed by atoms with Gasteiger partial charge in [-0.15, -0.1) is 0 Å². The molecule has 0 aromatic heterocycles. The maximum Gasteiger partial charge on any atom is 0.0717 e. The van der Waals surface area contributed by atoms with Gasteiger partial charge in [0.15, 0.2) is 0 Å². The van der Waals surface area contributed by atoms with E-state index < -0.39 is 0 Å². The third kappa shape index (κ3) is 0.717. The van der Waals surface area contributed by atoms with Crippen molar-refractivity contribution in [2.45, 2.75) is 45.0 Å². The molecule has 2 heteroatoms. The van der Waals surface area contributed by atoms with Gasteiger partial charge in [0.05, 0.1) is 6.10 Å². The molecule has 0 saturated heterocycles. The van der Waals surface area contributed by atoms with Gasteiger partial charge in [0, 0.05) is 5.25 Å². The van der Waals surface area contributed by atoms with Crippen LogP contribution in [0.4, 0.5) is 0 Å². The van der Waals surface area contributed by atoms with Crippen molar-refractivity contribution in [3.63, 3.8) is 0 Å². The zero-order chi connectivity index (χ0) is 9.15. The molecule has 2 aliphatic rings. The van der Waals surface area contributed by atoms with Crippen LogP contribution in [0.2, 0.25) is 0 Å². The van der Waals surface area contributed by atoms with Crippen LogP contribution in [0.3, 0.4) is 0 Å². The van der Waals surface area contributed by atoms with Crippen LogP contribution in [0, 0.1) is 16.7 Å². The summed E-state index contributed by atoms with van der Waals surface area (Å²) in [5.74, 6) is 0.612. The quantitative estimate of drug-likeness (QED) is 0.555. The van der Waals surface area contributed by atoms with E-state index in [0.717, 1.165) is 0 Å². The van der Waals surface area contributed by atoms with Crippen molar-refractivity contribution in [3.05, 3.63) is 0 Å². The van der Waals surface area contributed by atoms with Gasteiger partial charge in [0.1, 0.15) is 0 Å². The summed E-state index contributed by atoms with van der Waals surface area (Å²) in [6, 6.07) is 0. The molecule has 1 nitrogen and oxygen atoms in total. The molecule has 2 fully saturated rings. The Kier molecular flexibility index (Phi) is 1.64. The van der Waals surface area contributed by atoms with E-state index in [0.29, 0.717) is 5.92 Å². The summed E-state index contributed by atoms with van der Waals surface area (Å²) >= 11 is 4.51. The Morgan fingerprint density at radius 2 is 1.92 bits per heavy atom. The molecule has 0 radical (unpaired) electrons. The second-order valence-electron chi connectivity index (χ2n) is 5.22. The lowest BCUT2D eigenvalue weighted by atomic mass is 9.70. The minimum Gasteiger partial charge on any atom is -0.391 e. The van der Waals surface area contributed by atoms with Crippen LogP contribution in [0.15, 0.2) is 0 Å². The summed E-state index contributed by atoms with van der Waals surface area (Å²) < 4.78 is 0. The fraction of sp³-hybridized carbons (Fsp3) is 1.00. The monoisotopic (exact) mass is 186 g/mol. The van der Waals surface area contributed by atoms with Crippen LogP contribution >= 0.6 is 12.6 Å². The first-order valence-electron chi connectivity index (χ1n) is 4.77. The fourth-order valence-corrected chi connectivity index (χ4v) is 4.14. The first-order chi connectivity index (χ1) is 5.41. The normalized spacial score (nSPS) is 56.2. The van der Waals surface area contributed by atoms with Crippen LogP contribution in [0.1, 0.15) is 33.6 Å². The summed E-state index contributed by atoms with van der Waals surface area (Å²) in [7, 11) is 0. The highest BCUT2D eigenvalue weighted by molar-refractivity contribution is 7.81. The molecule has 0 aromatic carbocycles. The highest BCUT2D eigenvalue weighted by Gasteiger charge is 2.64. The van der Waals surface area contributed by atoms with Gasteiger partial charge in [-0.25, -0.2) is 0 Å². The van der Waals surface area contributed by atoms with Crippen molar-refractivity contribution in [2.24, 2.45) is 16.7 Å². The second-order valence-corrected chi connectivity index (χ2v) is 5.82. The lowest BCUT2D eigenvalue weighted by molar-refractivity contribution is 0.0150. The van der Waals surface area contributed by atoms with Gasteiger partial charge in [-0.3, -0.25) is 0 Å². The molecule has 0 aromatic rings. The van der Waals surface area contributed by atoms with Crippen molar-refractivity contribution in [1.29, 1.82) is 0 Å². The van der Waals surface area contributed by atoms with E-state index in [1.165, 1.54) is 12.8 Å². The first-order valence-corrected chi connectivity index (χ1v) is 5.29. The van der Waals surface area contributed by atoms with E-state index in [1.807, 2.05) is 0 Å². The molecule has 2 saturated carbocycles. The van der Waals surface area contributed by atoms with E-state index in [-0.39, 0.29) is 22.2 Å². The van der Waals surface area contributed by atoms with E-state index in [1.54, 1.807) is 0 Å². The lowest BCUT2D eigenvalue weighted by Crippen LogP contribution is -2.37. The number of hydrogen-bond donors (Lipinski definition) is 2. The molecule has 2 aliphatic carbocycles. The first kappa shape index (κ1) is 8.89. The largest absolute Gasteiger partial charge is 0.391 e. The summed E-state index contributed by atoms with van der Waals surface area (Å²) in [5.41, 5.74) is 0.392. The van der Waals surface area contributed by atoms with Crippen LogP contribution in [-0.4, -0.2) is 16.5 Å². The molecular formula is C10H18OS. The van der Waals surface area contributed by atoms with Gasteiger partial charge >= 0.3 is 0 Å². The predicted molar refractivity (Wildman–Crippen MR) is 53.4 cm³/mol. The molecule has 4 atom stereocenters. The molecule has 0 aliphatic heterocycles. The number of fused-ring (bicyclic) bond motifs is 2. The topological polar surface area (TPSA) is 20.2 Å². The number of rotatable bonds is 0. The van der Waals surface area contributed by atoms with Gasteiger partial charge in [-0.2, -0.15) is 12.6 Å². The minimum atomic E-state index is -0.199. The average molecular weight is 186 g/mol. The molecule has 1 N–H and O–H groups in total. The Bertz CT molecular complexity index is 214. The number of aliphatic hydroxyl groups excluding tert-OH is 1. The molecule has 70 valence electrons. The third-order valence-electron chi connectivity index (χ3n) is 4.76. The highest BCUT2D eigenvalue weighted by Crippen LogP contribution is 2.66. The van der Waals surface area contributed by atoms with Crippen molar-refractivity contribution in [2.75, 3.05) is 0 Å². The Morgan fingerprint density at radius 3 is 2.17 bits per heavy atom. The summed E-state index contributed by atoms with van der Waals surface area (Å²) in [4.78, 5) is 0. The van der Waals surface area contributed by atoms with Crippen molar-refractivity contribution >= 4 is 12.6 Å². The molecular weight excluding hydrogens is 168 g/mol. The predicted octanol–water partition coefficient (Wildman–Crippen LogP) is 2.10. The van der Waals surface area contributed by atoms with Gasteiger partial charge in [-0.1, -0.05) is 20.8 Å². The molecule has 2 rings (SSSR count). The van der Waals surface area contributed by atoms with E-state index in [4.69, 9.17) is 0 Å². The highest BCUT2D eigenvalue weighted by atomic mass is 32.1. The zero-order valence-electron chi connectivity index (χ0n) is 8.04. The van der Waals surface area contributed by atoms with Crippen molar-refractivity contribution in [3.8, 4) is 0 Å². The van der Waals surface area contributed by atoms with Crippen LogP contribution < -0.4 is 0 Å². The zero-order valence-corrected chi connectivity index (χ0v) is 8.94. The number of hydrogen-bond acceptors (Lipinski definition) is 2. The maximum atomic E-state index is 10.0. The van der Waals surface area contributed by atoms with Crippen LogP contribution in [0.25, 0.3) is 0 Å². The minimum absolute atomic E-state index is 0.115. The Balaban J connectivity index is 2.44. The van der Waals surface area contributed by atoms with Gasteiger partial charge in [0.2, 0.25) is 0 Å². The standard InChI is InChI=1S/C10H18OS/c1-9(2)6-4-5-10(9,3)8(11)7(6)12/h6-8,11-12H,4-5H2,1-3H3/t6-,7+,8-,10+/m1/s1. The van der Waals surface area contributed by atoms with E-state index in [2.05, 4.69) is 33.4 Å². The fourth-order valence-electron chi connectivity index (χ4n) is 3.29.